The second-order valence-electron chi connectivity index (χ2n) is 3.75. The molecule has 2 heteroatoms. The zero-order chi connectivity index (χ0) is 12.6. The average Bonchev–Trinajstić information content (AvgIpc) is 2.45. The van der Waals surface area contributed by atoms with Crippen molar-refractivity contribution in [1.29, 1.82) is 0 Å². The third-order valence-corrected chi connectivity index (χ3v) is 3.18. The van der Waals surface area contributed by atoms with Gasteiger partial charge < -0.3 is 0 Å². The Hall–Kier alpha value is -1.80. The molecule has 0 saturated carbocycles. The number of benzene rings is 2. The van der Waals surface area contributed by atoms with E-state index in [-0.39, 0.29) is 0 Å². The molecule has 0 spiro atoms. The summed E-state index contributed by atoms with van der Waals surface area (Å²) in [6.45, 7) is 0. The number of hydrogen-bond donors (Lipinski definition) is 0. The number of aliphatic imine (C=N–C) groups is 1. The van der Waals surface area contributed by atoms with Gasteiger partial charge in [0.05, 0.1) is 5.69 Å². The quantitative estimate of drug-likeness (QED) is 0.562. The molecule has 2 aromatic rings. The molecule has 0 heterocycles. The first-order valence-electron chi connectivity index (χ1n) is 5.78. The van der Waals surface area contributed by atoms with Crippen molar-refractivity contribution >= 4 is 29.7 Å². The highest BCUT2D eigenvalue weighted by Gasteiger charge is 1.90. The third kappa shape index (κ3) is 3.90. The van der Waals surface area contributed by atoms with Crippen LogP contribution in [0, 0.1) is 0 Å². The van der Waals surface area contributed by atoms with E-state index in [1.165, 1.54) is 10.5 Å². The highest BCUT2D eigenvalue weighted by molar-refractivity contribution is 7.98. The number of hydrogen-bond acceptors (Lipinski definition) is 2. The lowest BCUT2D eigenvalue weighted by molar-refractivity contribution is 1.42. The van der Waals surface area contributed by atoms with E-state index >= 15 is 0 Å². The second kappa shape index (κ2) is 6.82. The fourth-order valence-electron chi connectivity index (χ4n) is 1.54. The van der Waals surface area contributed by atoms with Gasteiger partial charge in [-0.3, -0.25) is 4.99 Å². The molecule has 0 bridgehead atoms. The predicted octanol–water partition coefficient (Wildman–Crippen LogP) is 4.82. The summed E-state index contributed by atoms with van der Waals surface area (Å²) in [5, 5.41) is 0. The Balaban J connectivity index is 2.01. The van der Waals surface area contributed by atoms with Crippen molar-refractivity contribution in [1.82, 2.24) is 0 Å². The van der Waals surface area contributed by atoms with Gasteiger partial charge in [-0.25, -0.2) is 0 Å². The minimum absolute atomic E-state index is 0.986. The van der Waals surface area contributed by atoms with Gasteiger partial charge in [-0.2, -0.15) is 0 Å². The largest absolute Gasteiger partial charge is 0.257 e. The molecule has 0 aliphatic rings. The van der Waals surface area contributed by atoms with Crippen LogP contribution in [0.2, 0.25) is 0 Å². The Morgan fingerprint density at radius 2 is 1.83 bits per heavy atom. The lowest BCUT2D eigenvalue weighted by atomic mass is 10.2. The van der Waals surface area contributed by atoms with Gasteiger partial charge in [0.2, 0.25) is 0 Å². The molecule has 0 aromatic heterocycles. The van der Waals surface area contributed by atoms with Crippen molar-refractivity contribution in [2.75, 3.05) is 6.26 Å². The van der Waals surface area contributed by atoms with Crippen LogP contribution < -0.4 is 0 Å². The van der Waals surface area contributed by atoms with Crippen LogP contribution in [0.1, 0.15) is 5.56 Å². The first-order valence-corrected chi connectivity index (χ1v) is 7.01. The standard InChI is InChI=1S/C16H15NS/c1-18-16-11-5-10-15(13-16)17-12-6-9-14-7-3-2-4-8-14/h2-13H,1H3. The Morgan fingerprint density at radius 3 is 2.61 bits per heavy atom. The fraction of sp³-hybridized carbons (Fsp3) is 0.0625. The average molecular weight is 253 g/mol. The molecule has 0 saturated heterocycles. The molecular formula is C16H15NS. The SMILES string of the molecule is CSc1cccc(N=CC=Cc2ccccc2)c1. The van der Waals surface area contributed by atoms with Gasteiger partial charge >= 0.3 is 0 Å². The second-order valence-corrected chi connectivity index (χ2v) is 4.63. The zero-order valence-electron chi connectivity index (χ0n) is 10.3. The normalized spacial score (nSPS) is 11.4. The van der Waals surface area contributed by atoms with Crippen molar-refractivity contribution in [3.8, 4) is 0 Å². The molecule has 0 N–H and O–H groups in total. The number of thioether (sulfide) groups is 1. The molecule has 0 radical (unpaired) electrons. The maximum absolute atomic E-state index is 4.40. The zero-order valence-corrected chi connectivity index (χ0v) is 11.1. The Morgan fingerprint density at radius 1 is 1.00 bits per heavy atom. The van der Waals surface area contributed by atoms with E-state index in [0.717, 1.165) is 5.69 Å². The van der Waals surface area contributed by atoms with Crippen molar-refractivity contribution in [2.24, 2.45) is 4.99 Å². The van der Waals surface area contributed by atoms with Gasteiger partial charge in [0.15, 0.2) is 0 Å². The van der Waals surface area contributed by atoms with Crippen LogP contribution in [0.5, 0.6) is 0 Å². The lowest BCUT2D eigenvalue weighted by Gasteiger charge is -1.96. The van der Waals surface area contributed by atoms with Gasteiger partial charge in [0, 0.05) is 11.1 Å². The smallest absolute Gasteiger partial charge is 0.0640 e. The van der Waals surface area contributed by atoms with E-state index in [1.54, 1.807) is 11.8 Å². The van der Waals surface area contributed by atoms with E-state index in [1.807, 2.05) is 48.7 Å². The molecule has 90 valence electrons. The van der Waals surface area contributed by atoms with E-state index < -0.39 is 0 Å². The van der Waals surface area contributed by atoms with Gasteiger partial charge in [0.1, 0.15) is 0 Å². The molecule has 0 amide bonds. The topological polar surface area (TPSA) is 12.4 Å². The summed E-state index contributed by atoms with van der Waals surface area (Å²) < 4.78 is 0. The summed E-state index contributed by atoms with van der Waals surface area (Å²) in [5.41, 5.74) is 2.17. The van der Waals surface area contributed by atoms with E-state index in [2.05, 4.69) is 35.5 Å². The molecular weight excluding hydrogens is 238 g/mol. The molecule has 18 heavy (non-hydrogen) atoms. The third-order valence-electron chi connectivity index (χ3n) is 2.45. The van der Waals surface area contributed by atoms with Gasteiger partial charge in [-0.15, -0.1) is 11.8 Å². The van der Waals surface area contributed by atoms with Gasteiger partial charge in [0.25, 0.3) is 0 Å². The molecule has 0 fully saturated rings. The van der Waals surface area contributed by atoms with Gasteiger partial charge in [-0.05, 0) is 36.1 Å². The minimum atomic E-state index is 0.986. The number of rotatable bonds is 4. The van der Waals surface area contributed by atoms with Crippen molar-refractivity contribution < 1.29 is 0 Å². The summed E-state index contributed by atoms with van der Waals surface area (Å²) in [6, 6.07) is 18.4. The monoisotopic (exact) mass is 253 g/mol. The molecule has 2 aromatic carbocycles. The van der Waals surface area contributed by atoms with Crippen LogP contribution in [0.15, 0.2) is 70.6 Å². The van der Waals surface area contributed by atoms with E-state index in [4.69, 9.17) is 0 Å². The molecule has 0 aliphatic heterocycles. The Labute approximate surface area is 112 Å². The van der Waals surface area contributed by atoms with Crippen LogP contribution in [0.25, 0.3) is 6.08 Å². The summed E-state index contributed by atoms with van der Waals surface area (Å²) in [6.07, 6.45) is 7.90. The molecule has 0 atom stereocenters. The van der Waals surface area contributed by atoms with Crippen LogP contribution in [-0.4, -0.2) is 12.5 Å². The van der Waals surface area contributed by atoms with Crippen molar-refractivity contribution in [2.45, 2.75) is 4.90 Å². The Bertz CT molecular complexity index is 544. The maximum atomic E-state index is 4.40. The number of nitrogens with zero attached hydrogens (tertiary/aromatic N) is 1. The molecule has 0 unspecified atom stereocenters. The minimum Gasteiger partial charge on any atom is -0.257 e. The maximum Gasteiger partial charge on any atom is 0.0640 e. The first kappa shape index (κ1) is 12.7. The lowest BCUT2D eigenvalue weighted by Crippen LogP contribution is -1.71. The van der Waals surface area contributed by atoms with Crippen LogP contribution in [-0.2, 0) is 0 Å². The fourth-order valence-corrected chi connectivity index (χ4v) is 1.99. The molecule has 2 rings (SSSR count). The summed E-state index contributed by atoms with van der Waals surface area (Å²) in [5.74, 6) is 0. The molecule has 0 aliphatic carbocycles. The Kier molecular flexibility index (Phi) is 4.79. The van der Waals surface area contributed by atoms with E-state index in [9.17, 15) is 0 Å². The molecule has 1 nitrogen and oxygen atoms in total. The number of allylic oxidation sites excluding steroid dienone is 1. The predicted molar refractivity (Wildman–Crippen MR) is 81.9 cm³/mol. The first-order chi connectivity index (χ1) is 8.88. The highest BCUT2D eigenvalue weighted by atomic mass is 32.2. The summed E-state index contributed by atoms with van der Waals surface area (Å²) in [7, 11) is 0. The van der Waals surface area contributed by atoms with E-state index in [0.29, 0.717) is 0 Å². The van der Waals surface area contributed by atoms with Crippen LogP contribution in [0.3, 0.4) is 0 Å². The van der Waals surface area contributed by atoms with Crippen molar-refractivity contribution in [3.05, 3.63) is 66.2 Å². The van der Waals surface area contributed by atoms with Crippen molar-refractivity contribution in [3.63, 3.8) is 0 Å². The summed E-state index contributed by atoms with van der Waals surface area (Å²) >= 11 is 1.73. The van der Waals surface area contributed by atoms with Gasteiger partial charge in [-0.1, -0.05) is 42.5 Å². The summed E-state index contributed by atoms with van der Waals surface area (Å²) in [4.78, 5) is 5.64. The van der Waals surface area contributed by atoms with Crippen LogP contribution >= 0.6 is 11.8 Å². The highest BCUT2D eigenvalue weighted by Crippen LogP contribution is 2.20. The van der Waals surface area contributed by atoms with Crippen LogP contribution in [0.4, 0.5) is 5.69 Å².